The molecule has 1 aliphatic heterocycles. The maximum atomic E-state index is 12.6. The van der Waals surface area contributed by atoms with Gasteiger partial charge in [-0.15, -0.1) is 21.5 Å². The van der Waals surface area contributed by atoms with E-state index in [2.05, 4.69) is 39.4 Å². The van der Waals surface area contributed by atoms with Gasteiger partial charge in [0.05, 0.1) is 30.5 Å². The van der Waals surface area contributed by atoms with Gasteiger partial charge in [0.25, 0.3) is 5.78 Å². The second kappa shape index (κ2) is 7.93. The molecule has 0 radical (unpaired) electrons. The van der Waals surface area contributed by atoms with Crippen molar-refractivity contribution >= 4 is 56.3 Å². The standard InChI is InChI=1S/C22H21N7O3S2/c1-22(2)8-14-15(9-32-22)34-19-17(14)18-23-11-24-29(18)20-26-27-21(28(19)20)33-10-16(30)25-12-4-6-13(31-3)7-5-12/h4-7,11H,8-10H2,1-3H3,(H,25,30). The molecule has 0 unspecified atom stereocenters. The van der Waals surface area contributed by atoms with E-state index in [1.54, 1.807) is 47.2 Å². The van der Waals surface area contributed by atoms with Crippen LogP contribution in [0.4, 0.5) is 5.69 Å². The summed E-state index contributed by atoms with van der Waals surface area (Å²) in [6.45, 7) is 4.75. The number of thioether (sulfide) groups is 1. The smallest absolute Gasteiger partial charge is 0.260 e. The van der Waals surface area contributed by atoms with Crippen molar-refractivity contribution in [1.82, 2.24) is 29.2 Å². The van der Waals surface area contributed by atoms with Gasteiger partial charge in [0.2, 0.25) is 5.91 Å². The largest absolute Gasteiger partial charge is 0.497 e. The zero-order valence-electron chi connectivity index (χ0n) is 18.7. The van der Waals surface area contributed by atoms with Crippen LogP contribution in [0.2, 0.25) is 0 Å². The van der Waals surface area contributed by atoms with Crippen molar-refractivity contribution in [3.05, 3.63) is 41.0 Å². The monoisotopic (exact) mass is 495 g/mol. The van der Waals surface area contributed by atoms with Gasteiger partial charge in [0, 0.05) is 17.0 Å². The molecule has 0 bridgehead atoms. The molecular formula is C22H21N7O3S2. The third-order valence-electron chi connectivity index (χ3n) is 5.75. The number of nitrogens with one attached hydrogen (secondary N) is 1. The Morgan fingerprint density at radius 1 is 1.29 bits per heavy atom. The second-order valence-corrected chi connectivity index (χ2v) is 10.6. The lowest BCUT2D eigenvalue weighted by molar-refractivity contribution is -0.113. The maximum absolute atomic E-state index is 12.6. The van der Waals surface area contributed by atoms with E-state index in [0.29, 0.717) is 23.2 Å². The number of methoxy groups -OCH3 is 1. The summed E-state index contributed by atoms with van der Waals surface area (Å²) in [5.74, 6) is 1.35. The Hall–Kier alpha value is -3.22. The van der Waals surface area contributed by atoms with Gasteiger partial charge < -0.3 is 14.8 Å². The van der Waals surface area contributed by atoms with E-state index in [-0.39, 0.29) is 17.3 Å². The summed E-state index contributed by atoms with van der Waals surface area (Å²) in [6, 6.07) is 7.22. The van der Waals surface area contributed by atoms with Crippen molar-refractivity contribution in [2.75, 3.05) is 18.2 Å². The second-order valence-electron chi connectivity index (χ2n) is 8.59. The molecule has 5 aromatic rings. The number of carbonyl (C=O) groups excluding carboxylic acids is 1. The van der Waals surface area contributed by atoms with Crippen LogP contribution in [0.25, 0.3) is 21.6 Å². The Morgan fingerprint density at radius 3 is 2.91 bits per heavy atom. The molecule has 0 spiro atoms. The number of fused-ring (bicyclic) bond motifs is 8. The van der Waals surface area contributed by atoms with Crippen molar-refractivity contribution in [1.29, 1.82) is 0 Å². The SMILES string of the molecule is COc1ccc(NC(=O)CSc2nnc3n4ncnc4c4c5c(sc4n23)COC(C)(C)C5)cc1. The molecule has 34 heavy (non-hydrogen) atoms. The summed E-state index contributed by atoms with van der Waals surface area (Å²) < 4.78 is 14.9. The first kappa shape index (κ1) is 21.3. The van der Waals surface area contributed by atoms with Crippen LogP contribution >= 0.6 is 23.1 Å². The number of ether oxygens (including phenoxy) is 2. The third-order valence-corrected chi connectivity index (χ3v) is 7.87. The van der Waals surface area contributed by atoms with Crippen LogP contribution in [0.3, 0.4) is 0 Å². The number of anilines is 1. The first-order valence-electron chi connectivity index (χ1n) is 10.7. The molecule has 1 N–H and O–H groups in total. The Morgan fingerprint density at radius 2 is 2.12 bits per heavy atom. The zero-order valence-corrected chi connectivity index (χ0v) is 20.4. The molecule has 0 saturated heterocycles. The van der Waals surface area contributed by atoms with E-state index in [0.717, 1.165) is 28.0 Å². The summed E-state index contributed by atoms with van der Waals surface area (Å²) in [4.78, 5) is 19.3. The number of aromatic nitrogens is 6. The van der Waals surface area contributed by atoms with Crippen LogP contribution in [0.15, 0.2) is 35.7 Å². The highest BCUT2D eigenvalue weighted by molar-refractivity contribution is 7.99. The van der Waals surface area contributed by atoms with Crippen LogP contribution in [0.5, 0.6) is 5.75 Å². The molecule has 0 saturated carbocycles. The average Bonchev–Trinajstić information content (AvgIpc) is 3.53. The minimum atomic E-state index is -0.253. The van der Waals surface area contributed by atoms with E-state index >= 15 is 0 Å². The number of hydrogen-bond acceptors (Lipinski definition) is 9. The maximum Gasteiger partial charge on any atom is 0.260 e. The number of carbonyl (C=O) groups is 1. The van der Waals surface area contributed by atoms with Crippen molar-refractivity contribution < 1.29 is 14.3 Å². The van der Waals surface area contributed by atoms with Crippen molar-refractivity contribution in [2.24, 2.45) is 0 Å². The highest BCUT2D eigenvalue weighted by Gasteiger charge is 2.32. The Kier molecular flexibility index (Phi) is 4.97. The molecule has 1 amide bonds. The van der Waals surface area contributed by atoms with Crippen molar-refractivity contribution in [3.63, 3.8) is 0 Å². The van der Waals surface area contributed by atoms with Crippen LogP contribution in [0, 0.1) is 0 Å². The molecule has 1 aliphatic rings. The third kappa shape index (κ3) is 3.49. The van der Waals surface area contributed by atoms with Gasteiger partial charge in [-0.1, -0.05) is 11.8 Å². The normalized spacial score (nSPS) is 15.1. The fourth-order valence-electron chi connectivity index (χ4n) is 4.16. The fraction of sp³-hybridized carbons (Fsp3) is 0.318. The molecule has 4 aromatic heterocycles. The van der Waals surface area contributed by atoms with Gasteiger partial charge in [-0.25, -0.2) is 9.38 Å². The lowest BCUT2D eigenvalue weighted by Gasteiger charge is -2.30. The first-order valence-corrected chi connectivity index (χ1v) is 12.5. The zero-order chi connectivity index (χ0) is 23.4. The molecular weight excluding hydrogens is 474 g/mol. The first-order chi connectivity index (χ1) is 16.4. The summed E-state index contributed by atoms with van der Waals surface area (Å²) >= 11 is 2.99. The van der Waals surface area contributed by atoms with E-state index in [4.69, 9.17) is 9.47 Å². The average molecular weight is 496 g/mol. The van der Waals surface area contributed by atoms with Crippen LogP contribution in [-0.4, -0.2) is 53.6 Å². The molecule has 5 heterocycles. The quantitative estimate of drug-likeness (QED) is 0.369. The fourth-order valence-corrected chi connectivity index (χ4v) is 6.17. The van der Waals surface area contributed by atoms with Gasteiger partial charge >= 0.3 is 0 Å². The Balaban J connectivity index is 1.36. The molecule has 1 aromatic carbocycles. The van der Waals surface area contributed by atoms with Gasteiger partial charge in [0.1, 0.15) is 16.9 Å². The molecule has 0 atom stereocenters. The molecule has 10 nitrogen and oxygen atoms in total. The van der Waals surface area contributed by atoms with Gasteiger partial charge in [0.15, 0.2) is 10.8 Å². The van der Waals surface area contributed by atoms with E-state index in [9.17, 15) is 4.79 Å². The number of benzene rings is 1. The van der Waals surface area contributed by atoms with Crippen LogP contribution in [0.1, 0.15) is 24.3 Å². The number of hydrogen-bond donors (Lipinski definition) is 1. The summed E-state index contributed by atoms with van der Waals surface area (Å²) in [5, 5.41) is 17.7. The predicted molar refractivity (Wildman–Crippen MR) is 130 cm³/mol. The molecule has 0 aliphatic carbocycles. The number of rotatable bonds is 5. The van der Waals surface area contributed by atoms with E-state index in [1.807, 2.05) is 4.40 Å². The van der Waals surface area contributed by atoms with E-state index in [1.165, 1.54) is 28.5 Å². The molecule has 6 rings (SSSR count). The van der Waals surface area contributed by atoms with Gasteiger partial charge in [-0.2, -0.15) is 9.61 Å². The summed E-state index contributed by atoms with van der Waals surface area (Å²) in [6.07, 6.45) is 2.32. The molecule has 0 fully saturated rings. The number of nitrogens with zero attached hydrogens (tertiary/aromatic N) is 6. The Bertz CT molecular complexity index is 1550. The van der Waals surface area contributed by atoms with Crippen LogP contribution < -0.4 is 10.1 Å². The summed E-state index contributed by atoms with van der Waals surface area (Å²) in [5.41, 5.74) is 2.45. The van der Waals surface area contributed by atoms with Gasteiger partial charge in [-0.05, 0) is 43.7 Å². The van der Waals surface area contributed by atoms with Gasteiger partial charge in [-0.3, -0.25) is 4.79 Å². The summed E-state index contributed by atoms with van der Waals surface area (Å²) in [7, 11) is 1.61. The molecule has 12 heteroatoms. The highest BCUT2D eigenvalue weighted by Crippen LogP contribution is 2.41. The minimum Gasteiger partial charge on any atom is -0.497 e. The lowest BCUT2D eigenvalue weighted by atomic mass is 9.94. The predicted octanol–water partition coefficient (Wildman–Crippen LogP) is 3.58. The number of thiophene rings is 1. The van der Waals surface area contributed by atoms with E-state index < -0.39 is 0 Å². The van der Waals surface area contributed by atoms with Crippen molar-refractivity contribution in [3.8, 4) is 5.75 Å². The topological polar surface area (TPSA) is 108 Å². The van der Waals surface area contributed by atoms with Crippen LogP contribution in [-0.2, 0) is 22.6 Å². The Labute approximate surface area is 202 Å². The molecule has 174 valence electrons. The minimum absolute atomic E-state index is 0.134. The lowest BCUT2D eigenvalue weighted by Crippen LogP contribution is -2.31. The number of amides is 1. The van der Waals surface area contributed by atoms with Crippen molar-refractivity contribution in [2.45, 2.75) is 37.6 Å². The highest BCUT2D eigenvalue weighted by atomic mass is 32.2.